The van der Waals surface area contributed by atoms with Gasteiger partial charge in [-0.3, -0.25) is 4.90 Å². The van der Waals surface area contributed by atoms with Crippen molar-refractivity contribution in [1.29, 1.82) is 0 Å². The third-order valence-electron chi connectivity index (χ3n) is 7.70. The molecule has 7 nitrogen and oxygen atoms in total. The van der Waals surface area contributed by atoms with Gasteiger partial charge in [-0.1, -0.05) is 60.7 Å². The lowest BCUT2D eigenvalue weighted by molar-refractivity contribution is 0.231. The Morgan fingerprint density at radius 1 is 0.923 bits per heavy atom. The molecule has 0 aromatic heterocycles. The number of nitrogens with one attached hydrogen (secondary N) is 3. The summed E-state index contributed by atoms with van der Waals surface area (Å²) in [5.41, 5.74) is 4.57. The van der Waals surface area contributed by atoms with Gasteiger partial charge >= 0.3 is 6.03 Å². The molecule has 5 rings (SSSR count). The number of rotatable bonds is 8. The zero-order valence-corrected chi connectivity index (χ0v) is 23.3. The van der Waals surface area contributed by atoms with Gasteiger partial charge in [0.2, 0.25) is 0 Å². The van der Waals surface area contributed by atoms with Gasteiger partial charge in [-0.15, -0.1) is 0 Å². The average Bonchev–Trinajstić information content (AvgIpc) is 3.41. The normalized spacial score (nSPS) is 18.7. The second-order valence-electron chi connectivity index (χ2n) is 10.2. The molecule has 0 radical (unpaired) electrons. The van der Waals surface area contributed by atoms with Crippen LogP contribution in [0.5, 0.6) is 5.75 Å². The van der Waals surface area contributed by atoms with Crippen molar-refractivity contribution in [1.82, 2.24) is 20.4 Å². The molecule has 0 bridgehead atoms. The highest BCUT2D eigenvalue weighted by Crippen LogP contribution is 2.26. The van der Waals surface area contributed by atoms with E-state index in [1.54, 1.807) is 7.11 Å². The van der Waals surface area contributed by atoms with E-state index in [9.17, 15) is 4.79 Å². The summed E-state index contributed by atoms with van der Waals surface area (Å²) in [5, 5.41) is 10.3. The molecule has 3 N–H and O–H groups in total. The minimum atomic E-state index is -0.211. The number of para-hydroxylation sites is 2. The molecular weight excluding hydrogens is 506 g/mol. The number of fused-ring (bicyclic) bond motifs is 1. The number of urea groups is 1. The van der Waals surface area contributed by atoms with Crippen molar-refractivity contribution >= 4 is 29.0 Å². The van der Waals surface area contributed by atoms with Crippen LogP contribution in [0.1, 0.15) is 29.5 Å². The molecule has 1 saturated heterocycles. The number of hydrogen-bond acceptors (Lipinski definition) is 4. The van der Waals surface area contributed by atoms with Crippen LogP contribution < -0.4 is 20.7 Å². The van der Waals surface area contributed by atoms with Gasteiger partial charge in [0.15, 0.2) is 5.11 Å². The predicted molar refractivity (Wildman–Crippen MR) is 160 cm³/mol. The zero-order chi connectivity index (χ0) is 27.0. The summed E-state index contributed by atoms with van der Waals surface area (Å²) in [4.78, 5) is 17.4. The molecule has 0 saturated carbocycles. The van der Waals surface area contributed by atoms with Crippen LogP contribution in [0, 0.1) is 0 Å². The Morgan fingerprint density at radius 2 is 1.64 bits per heavy atom. The fourth-order valence-corrected chi connectivity index (χ4v) is 5.91. The summed E-state index contributed by atoms with van der Waals surface area (Å²) >= 11 is 5.96. The summed E-state index contributed by atoms with van der Waals surface area (Å²) in [5.74, 6) is 0.935. The molecular formula is C31H37N5O2S. The van der Waals surface area contributed by atoms with Crippen molar-refractivity contribution in [3.8, 4) is 5.75 Å². The van der Waals surface area contributed by atoms with Crippen LogP contribution in [0.4, 0.5) is 10.5 Å². The van der Waals surface area contributed by atoms with E-state index in [1.165, 1.54) is 23.1 Å². The van der Waals surface area contributed by atoms with Crippen LogP contribution in [0.15, 0.2) is 78.9 Å². The predicted octanol–water partition coefficient (Wildman–Crippen LogP) is 4.78. The minimum absolute atomic E-state index is 0.0645. The molecule has 3 aromatic carbocycles. The number of ether oxygens (including phenoxy) is 1. The number of nitrogens with zero attached hydrogens (tertiary/aromatic N) is 2. The number of hydrogen-bond donors (Lipinski definition) is 3. The lowest BCUT2D eigenvalue weighted by atomic mass is 9.94. The number of likely N-dealkylation sites (tertiary alicyclic amines) is 1. The van der Waals surface area contributed by atoms with E-state index in [0.717, 1.165) is 55.6 Å². The van der Waals surface area contributed by atoms with E-state index in [2.05, 4.69) is 62.1 Å². The molecule has 8 heteroatoms. The maximum atomic E-state index is 12.6. The first-order valence-electron chi connectivity index (χ1n) is 13.7. The first kappa shape index (κ1) is 27.0. The average molecular weight is 544 g/mol. The van der Waals surface area contributed by atoms with Gasteiger partial charge in [-0.25, -0.2) is 4.79 Å². The quantitative estimate of drug-likeness (QED) is 0.355. The SMILES string of the molecule is COc1ccccc1CN1CCC[C@@H]1CNC(=S)N1Cc2ccccc2C[C@H]1CNC(=O)Nc1ccccc1. The summed E-state index contributed by atoms with van der Waals surface area (Å²) < 4.78 is 5.58. The van der Waals surface area contributed by atoms with Crippen LogP contribution in [-0.4, -0.2) is 59.8 Å². The molecule has 204 valence electrons. The Labute approximate surface area is 236 Å². The number of benzene rings is 3. The summed E-state index contributed by atoms with van der Waals surface area (Å²) in [6.07, 6.45) is 3.14. The van der Waals surface area contributed by atoms with Gasteiger partial charge in [0, 0.05) is 43.5 Å². The summed E-state index contributed by atoms with van der Waals surface area (Å²) in [6, 6.07) is 26.5. The Hall–Kier alpha value is -3.62. The number of thiocarbonyl (C=S) groups is 1. The van der Waals surface area contributed by atoms with E-state index in [0.29, 0.717) is 12.6 Å². The van der Waals surface area contributed by atoms with Gasteiger partial charge in [0.1, 0.15) is 5.75 Å². The maximum Gasteiger partial charge on any atom is 0.319 e. The van der Waals surface area contributed by atoms with Crippen molar-refractivity contribution in [3.63, 3.8) is 0 Å². The van der Waals surface area contributed by atoms with Crippen LogP contribution in [0.3, 0.4) is 0 Å². The van der Waals surface area contributed by atoms with Crippen molar-refractivity contribution < 1.29 is 9.53 Å². The number of carbonyl (C=O) groups excluding carboxylic acids is 1. The molecule has 1 fully saturated rings. The van der Waals surface area contributed by atoms with Crippen molar-refractivity contribution in [2.45, 2.75) is 44.4 Å². The minimum Gasteiger partial charge on any atom is -0.496 e. The Bertz CT molecular complexity index is 1270. The van der Waals surface area contributed by atoms with E-state index in [-0.39, 0.29) is 12.1 Å². The van der Waals surface area contributed by atoms with Crippen molar-refractivity contribution in [2.75, 3.05) is 32.1 Å². The third-order valence-corrected chi connectivity index (χ3v) is 8.08. The standard InChI is InChI=1S/C31H37N5O2S/c1-38-29-16-8-7-12-25(29)21-35-17-9-15-27(35)19-33-31(39)36-22-24-11-6-5-10-23(24)18-28(36)20-32-30(37)34-26-13-3-2-4-14-26/h2-8,10-14,16,27-28H,9,15,17-22H2,1H3,(H,33,39)(H2,32,34,37)/t27-,28+/m1/s1. The summed E-state index contributed by atoms with van der Waals surface area (Å²) in [7, 11) is 1.73. The van der Waals surface area contributed by atoms with Crippen molar-refractivity contribution in [3.05, 3.63) is 95.6 Å². The first-order chi connectivity index (χ1) is 19.1. The second kappa shape index (κ2) is 13.0. The number of methoxy groups -OCH3 is 1. The molecule has 3 aromatic rings. The van der Waals surface area contributed by atoms with E-state index in [4.69, 9.17) is 17.0 Å². The van der Waals surface area contributed by atoms with Gasteiger partial charge < -0.3 is 25.6 Å². The Morgan fingerprint density at radius 3 is 2.46 bits per heavy atom. The first-order valence-corrected chi connectivity index (χ1v) is 14.1. The molecule has 0 spiro atoms. The van der Waals surface area contributed by atoms with Crippen molar-refractivity contribution in [2.24, 2.45) is 0 Å². The van der Waals surface area contributed by atoms with Gasteiger partial charge in [0.05, 0.1) is 13.2 Å². The molecule has 39 heavy (non-hydrogen) atoms. The topological polar surface area (TPSA) is 68.9 Å². The fourth-order valence-electron chi connectivity index (χ4n) is 5.61. The molecule has 2 aliphatic rings. The number of carbonyl (C=O) groups is 1. The number of amides is 2. The van der Waals surface area contributed by atoms with Crippen LogP contribution in [-0.2, 0) is 19.5 Å². The molecule has 2 aliphatic heterocycles. The monoisotopic (exact) mass is 543 g/mol. The highest BCUT2D eigenvalue weighted by atomic mass is 32.1. The highest BCUT2D eigenvalue weighted by molar-refractivity contribution is 7.80. The van der Waals surface area contributed by atoms with Gasteiger partial charge in [0.25, 0.3) is 0 Å². The molecule has 0 unspecified atom stereocenters. The Balaban J connectivity index is 1.20. The molecule has 2 heterocycles. The smallest absolute Gasteiger partial charge is 0.319 e. The van der Waals surface area contributed by atoms with Crippen LogP contribution in [0.2, 0.25) is 0 Å². The number of anilines is 1. The van der Waals surface area contributed by atoms with Gasteiger partial charge in [-0.2, -0.15) is 0 Å². The Kier molecular flexibility index (Phi) is 8.96. The highest BCUT2D eigenvalue weighted by Gasteiger charge is 2.30. The fraction of sp³-hybridized carbons (Fsp3) is 0.355. The molecule has 2 amide bonds. The molecule has 2 atom stereocenters. The van der Waals surface area contributed by atoms with E-state index < -0.39 is 0 Å². The van der Waals surface area contributed by atoms with Gasteiger partial charge in [-0.05, 0) is 67.4 Å². The largest absolute Gasteiger partial charge is 0.496 e. The zero-order valence-electron chi connectivity index (χ0n) is 22.4. The second-order valence-corrected chi connectivity index (χ2v) is 10.6. The van der Waals surface area contributed by atoms with Crippen LogP contribution >= 0.6 is 12.2 Å². The lowest BCUT2D eigenvalue weighted by Gasteiger charge is -2.39. The summed E-state index contributed by atoms with van der Waals surface area (Å²) in [6.45, 7) is 3.95. The van der Waals surface area contributed by atoms with Crippen LogP contribution in [0.25, 0.3) is 0 Å². The van der Waals surface area contributed by atoms with E-state index in [1.807, 2.05) is 42.5 Å². The third kappa shape index (κ3) is 6.88. The van der Waals surface area contributed by atoms with E-state index >= 15 is 0 Å². The molecule has 0 aliphatic carbocycles. The maximum absolute atomic E-state index is 12.6. The lowest BCUT2D eigenvalue weighted by Crippen LogP contribution is -2.54.